The van der Waals surface area contributed by atoms with E-state index in [0.29, 0.717) is 30.5 Å². The average Bonchev–Trinajstić information content (AvgIpc) is 3.06. The molecule has 0 radical (unpaired) electrons. The highest BCUT2D eigenvalue weighted by Gasteiger charge is 2.69. The summed E-state index contributed by atoms with van der Waals surface area (Å²) in [7, 11) is 0. The second-order valence-corrected chi connectivity index (χ2v) is 14.8. The number of epoxide rings is 1. The largest absolute Gasteiger partial charge is 0.392 e. The minimum Gasteiger partial charge on any atom is -0.392 e. The Hall–Kier alpha value is -0.750. The second kappa shape index (κ2) is 7.21. The minimum absolute atomic E-state index is 0.0356. The van der Waals surface area contributed by atoms with E-state index in [1.54, 1.807) is 0 Å². The van der Waals surface area contributed by atoms with Crippen LogP contribution < -0.4 is 0 Å². The van der Waals surface area contributed by atoms with Gasteiger partial charge in [0.2, 0.25) is 0 Å². The van der Waals surface area contributed by atoms with Gasteiger partial charge in [-0.25, -0.2) is 0 Å². The van der Waals surface area contributed by atoms with Crippen LogP contribution in [0.2, 0.25) is 0 Å². The summed E-state index contributed by atoms with van der Waals surface area (Å²) in [5.41, 5.74) is 0.630. The predicted octanol–water partition coefficient (Wildman–Crippen LogP) is 5.03. The summed E-state index contributed by atoms with van der Waals surface area (Å²) in [6.07, 6.45) is 7.51. The molecule has 4 aliphatic carbocycles. The summed E-state index contributed by atoms with van der Waals surface area (Å²) in [6, 6.07) is 0. The Balaban J connectivity index is 1.30. The first-order valence-electron chi connectivity index (χ1n) is 14.1. The molecule has 6 rings (SSSR count). The first kappa shape index (κ1) is 24.6. The molecule has 0 bridgehead atoms. The lowest BCUT2D eigenvalue weighted by Crippen LogP contribution is -2.65. The zero-order valence-electron chi connectivity index (χ0n) is 22.8. The summed E-state index contributed by atoms with van der Waals surface area (Å²) < 4.78 is 11.9. The number of allylic oxidation sites excluding steroid dienone is 1. The Morgan fingerprint density at radius 1 is 0.971 bits per heavy atom. The van der Waals surface area contributed by atoms with E-state index < -0.39 is 12.4 Å². The third-order valence-electron chi connectivity index (χ3n) is 12.6. The Morgan fingerprint density at radius 2 is 1.66 bits per heavy atom. The fourth-order valence-electron chi connectivity index (χ4n) is 10.5. The topological polar surface area (TPSA) is 79.3 Å². The maximum atomic E-state index is 12.9. The molecule has 3 saturated carbocycles. The van der Waals surface area contributed by atoms with Gasteiger partial charge in [-0.05, 0) is 81.0 Å². The van der Waals surface area contributed by atoms with Crippen molar-refractivity contribution in [1.29, 1.82) is 0 Å². The van der Waals surface area contributed by atoms with Gasteiger partial charge < -0.3 is 19.7 Å². The lowest BCUT2D eigenvalue weighted by Gasteiger charge is -2.67. The number of carbonyl (C=O) groups excluding carboxylic acids is 1. The number of Topliss-reactive ketones (excluding diaryl/α,β-unsaturated/α-hetero) is 1. The maximum Gasteiger partial charge on any atom is 0.158 e. The number of aliphatic hydroxyl groups excluding tert-OH is 2. The maximum absolute atomic E-state index is 12.9. The van der Waals surface area contributed by atoms with Gasteiger partial charge in [-0.2, -0.15) is 0 Å². The first-order chi connectivity index (χ1) is 16.2. The Labute approximate surface area is 211 Å². The Kier molecular flexibility index (Phi) is 5.06. The smallest absolute Gasteiger partial charge is 0.158 e. The SMILES string of the molecule is CC1(C)OC1C1CC(C2CC=C3C2(C)CCC2C4(C)CCC(=O)C(C)(C)C4CC(O)C32C)C(O)O1. The van der Waals surface area contributed by atoms with Gasteiger partial charge in [0, 0.05) is 23.2 Å². The van der Waals surface area contributed by atoms with Crippen LogP contribution in [-0.4, -0.2) is 46.2 Å². The van der Waals surface area contributed by atoms with Crippen LogP contribution in [0.1, 0.15) is 93.4 Å². The van der Waals surface area contributed by atoms with E-state index in [4.69, 9.17) is 9.47 Å². The van der Waals surface area contributed by atoms with Crippen molar-refractivity contribution < 1.29 is 24.5 Å². The molecule has 5 nitrogen and oxygen atoms in total. The van der Waals surface area contributed by atoms with Crippen LogP contribution in [0.25, 0.3) is 0 Å². The van der Waals surface area contributed by atoms with Crippen molar-refractivity contribution in [2.75, 3.05) is 0 Å². The molecular formula is C30H46O5. The van der Waals surface area contributed by atoms with Crippen molar-refractivity contribution in [1.82, 2.24) is 0 Å². The van der Waals surface area contributed by atoms with E-state index in [9.17, 15) is 15.0 Å². The van der Waals surface area contributed by atoms with E-state index in [-0.39, 0.29) is 51.3 Å². The molecule has 11 unspecified atom stereocenters. The van der Waals surface area contributed by atoms with Gasteiger partial charge in [-0.1, -0.05) is 46.3 Å². The van der Waals surface area contributed by atoms with Crippen molar-refractivity contribution in [3.8, 4) is 0 Å². The van der Waals surface area contributed by atoms with Crippen molar-refractivity contribution in [2.24, 2.45) is 45.3 Å². The normalized spacial score (nSPS) is 56.1. The molecule has 0 aromatic rings. The summed E-state index contributed by atoms with van der Waals surface area (Å²) in [6.45, 7) is 15.6. The van der Waals surface area contributed by atoms with E-state index in [1.165, 1.54) is 5.57 Å². The molecule has 11 atom stereocenters. The molecular weight excluding hydrogens is 440 g/mol. The zero-order valence-corrected chi connectivity index (χ0v) is 22.8. The highest BCUT2D eigenvalue weighted by molar-refractivity contribution is 5.85. The van der Waals surface area contributed by atoms with Gasteiger partial charge in [0.05, 0.1) is 17.8 Å². The molecule has 6 aliphatic rings. The third kappa shape index (κ3) is 3.05. The molecule has 2 heterocycles. The van der Waals surface area contributed by atoms with Gasteiger partial charge in [0.15, 0.2) is 6.29 Å². The fourth-order valence-corrected chi connectivity index (χ4v) is 10.5. The van der Waals surface area contributed by atoms with E-state index >= 15 is 0 Å². The van der Waals surface area contributed by atoms with Crippen molar-refractivity contribution in [2.45, 2.75) is 124 Å². The highest BCUT2D eigenvalue weighted by atomic mass is 16.7. The highest BCUT2D eigenvalue weighted by Crippen LogP contribution is 2.73. The van der Waals surface area contributed by atoms with Crippen LogP contribution in [-0.2, 0) is 14.3 Å². The number of aliphatic hydroxyl groups is 2. The quantitative estimate of drug-likeness (QED) is 0.423. The number of hydrogen-bond donors (Lipinski definition) is 2. The van der Waals surface area contributed by atoms with E-state index in [0.717, 1.165) is 32.1 Å². The lowest BCUT2D eigenvalue weighted by atomic mass is 9.37. The fraction of sp³-hybridized carbons (Fsp3) is 0.900. The molecule has 35 heavy (non-hydrogen) atoms. The molecule has 0 aromatic carbocycles. The summed E-state index contributed by atoms with van der Waals surface area (Å²) in [4.78, 5) is 12.9. The summed E-state index contributed by atoms with van der Waals surface area (Å²) >= 11 is 0. The Morgan fingerprint density at radius 3 is 2.31 bits per heavy atom. The first-order valence-corrected chi connectivity index (χ1v) is 14.1. The number of hydrogen-bond acceptors (Lipinski definition) is 5. The van der Waals surface area contributed by atoms with Crippen LogP contribution in [0, 0.1) is 45.3 Å². The van der Waals surface area contributed by atoms with Crippen LogP contribution >= 0.6 is 0 Å². The van der Waals surface area contributed by atoms with Crippen molar-refractivity contribution >= 4 is 5.78 Å². The molecule has 0 amide bonds. The van der Waals surface area contributed by atoms with Gasteiger partial charge >= 0.3 is 0 Å². The monoisotopic (exact) mass is 486 g/mol. The molecule has 0 spiro atoms. The molecule has 5 heteroatoms. The van der Waals surface area contributed by atoms with Crippen LogP contribution in [0.3, 0.4) is 0 Å². The van der Waals surface area contributed by atoms with Gasteiger partial charge in [-0.15, -0.1) is 0 Å². The predicted molar refractivity (Wildman–Crippen MR) is 133 cm³/mol. The van der Waals surface area contributed by atoms with Gasteiger partial charge in [0.1, 0.15) is 11.9 Å². The lowest BCUT2D eigenvalue weighted by molar-refractivity contribution is -0.193. The van der Waals surface area contributed by atoms with Crippen LogP contribution in [0.15, 0.2) is 11.6 Å². The molecule has 2 N–H and O–H groups in total. The number of carbonyl (C=O) groups is 1. The van der Waals surface area contributed by atoms with E-state index in [1.807, 2.05) is 0 Å². The number of ketones is 1. The standard InChI is InChI=1S/C30H46O5/c1-26(2)21-15-23(32)30(7)19-9-8-17(16-14-18(34-25(16)33)24-27(3,4)35-24)28(19,5)12-10-20(30)29(21,6)13-11-22(26)31/h9,16-18,20-21,23-25,32-33H,8,10-15H2,1-7H3. The molecule has 5 fully saturated rings. The van der Waals surface area contributed by atoms with Crippen LogP contribution in [0.4, 0.5) is 0 Å². The molecule has 2 aliphatic heterocycles. The molecule has 196 valence electrons. The third-order valence-corrected chi connectivity index (χ3v) is 12.6. The van der Waals surface area contributed by atoms with E-state index in [2.05, 4.69) is 54.5 Å². The number of fused-ring (bicyclic) bond motifs is 5. The molecule has 0 aromatic heterocycles. The second-order valence-electron chi connectivity index (χ2n) is 14.8. The summed E-state index contributed by atoms with van der Waals surface area (Å²) in [5, 5.41) is 22.9. The summed E-state index contributed by atoms with van der Waals surface area (Å²) in [5.74, 6) is 1.36. The van der Waals surface area contributed by atoms with Gasteiger partial charge in [-0.3, -0.25) is 4.79 Å². The van der Waals surface area contributed by atoms with Gasteiger partial charge in [0.25, 0.3) is 0 Å². The average molecular weight is 487 g/mol. The zero-order chi connectivity index (χ0) is 25.3. The van der Waals surface area contributed by atoms with Crippen molar-refractivity contribution in [3.63, 3.8) is 0 Å². The number of ether oxygens (including phenoxy) is 2. The van der Waals surface area contributed by atoms with Crippen LogP contribution in [0.5, 0.6) is 0 Å². The van der Waals surface area contributed by atoms with Crippen molar-refractivity contribution in [3.05, 3.63) is 11.6 Å². The minimum atomic E-state index is -0.747. The number of rotatable bonds is 2. The Bertz CT molecular complexity index is 968. The molecule has 2 saturated heterocycles.